The molecule has 0 heterocycles. The van der Waals surface area contributed by atoms with Gasteiger partial charge in [-0.3, -0.25) is 9.59 Å². The predicted octanol–water partition coefficient (Wildman–Crippen LogP) is 2.66. The van der Waals surface area contributed by atoms with Crippen LogP contribution < -0.4 is 25.9 Å². The summed E-state index contributed by atoms with van der Waals surface area (Å²) in [6, 6.07) is 18.5. The SMILES string of the molecule is COc1ccc(C=NNC(=O)C(C)Nc2ccc3ccccc3c2)cc1OCC(N)=O. The van der Waals surface area contributed by atoms with Crippen molar-refractivity contribution in [3.63, 3.8) is 0 Å². The van der Waals surface area contributed by atoms with E-state index in [9.17, 15) is 9.59 Å². The van der Waals surface area contributed by atoms with Gasteiger partial charge in [-0.2, -0.15) is 5.10 Å². The third-order valence-corrected chi connectivity index (χ3v) is 4.47. The molecule has 0 fully saturated rings. The molecule has 0 radical (unpaired) electrons. The van der Waals surface area contributed by atoms with E-state index in [0.29, 0.717) is 17.1 Å². The van der Waals surface area contributed by atoms with Crippen LogP contribution in [-0.2, 0) is 9.59 Å². The van der Waals surface area contributed by atoms with Gasteiger partial charge in [0.05, 0.1) is 13.3 Å². The number of hydrogen-bond donors (Lipinski definition) is 3. The summed E-state index contributed by atoms with van der Waals surface area (Å²) in [4.78, 5) is 23.3. The smallest absolute Gasteiger partial charge is 0.262 e. The molecule has 0 spiro atoms. The molecule has 2 amide bonds. The molecule has 0 aliphatic rings. The molecule has 3 aromatic carbocycles. The van der Waals surface area contributed by atoms with Gasteiger partial charge in [0.1, 0.15) is 6.04 Å². The summed E-state index contributed by atoms with van der Waals surface area (Å²) < 4.78 is 10.5. The van der Waals surface area contributed by atoms with E-state index < -0.39 is 11.9 Å². The van der Waals surface area contributed by atoms with E-state index in [-0.39, 0.29) is 12.5 Å². The first-order valence-electron chi connectivity index (χ1n) is 9.63. The number of benzene rings is 3. The number of hydrogen-bond acceptors (Lipinski definition) is 6. The number of hydrazone groups is 1. The van der Waals surface area contributed by atoms with Gasteiger partial charge >= 0.3 is 0 Å². The summed E-state index contributed by atoms with van der Waals surface area (Å²) in [5.74, 6) is -0.0806. The fourth-order valence-electron chi connectivity index (χ4n) is 2.90. The van der Waals surface area contributed by atoms with Crippen molar-refractivity contribution in [2.45, 2.75) is 13.0 Å². The maximum Gasteiger partial charge on any atom is 0.262 e. The third kappa shape index (κ3) is 5.96. The number of carbonyl (C=O) groups excluding carboxylic acids is 2. The van der Waals surface area contributed by atoms with E-state index in [2.05, 4.69) is 15.8 Å². The Morgan fingerprint density at radius 1 is 1.06 bits per heavy atom. The van der Waals surface area contributed by atoms with Crippen LogP contribution in [0.3, 0.4) is 0 Å². The molecule has 3 rings (SSSR count). The van der Waals surface area contributed by atoms with Crippen LogP contribution in [0.5, 0.6) is 11.5 Å². The van der Waals surface area contributed by atoms with Gasteiger partial charge in [-0.1, -0.05) is 30.3 Å². The van der Waals surface area contributed by atoms with Crippen LogP contribution in [0.15, 0.2) is 65.8 Å². The Balaban J connectivity index is 1.59. The molecular weight excluding hydrogens is 396 g/mol. The van der Waals surface area contributed by atoms with E-state index >= 15 is 0 Å². The number of nitrogens with one attached hydrogen (secondary N) is 2. The molecule has 160 valence electrons. The van der Waals surface area contributed by atoms with E-state index in [1.165, 1.54) is 13.3 Å². The van der Waals surface area contributed by atoms with Gasteiger partial charge in [-0.25, -0.2) is 5.43 Å². The van der Waals surface area contributed by atoms with Gasteiger partial charge < -0.3 is 20.5 Å². The summed E-state index contributed by atoms with van der Waals surface area (Å²) in [6.45, 7) is 1.48. The van der Waals surface area contributed by atoms with E-state index in [0.717, 1.165) is 16.5 Å². The van der Waals surface area contributed by atoms with Crippen molar-refractivity contribution in [3.8, 4) is 11.5 Å². The van der Waals surface area contributed by atoms with Crippen molar-refractivity contribution in [2.75, 3.05) is 19.0 Å². The van der Waals surface area contributed by atoms with Gasteiger partial charge in [-0.15, -0.1) is 0 Å². The molecule has 1 atom stereocenters. The van der Waals surface area contributed by atoms with Crippen molar-refractivity contribution in [3.05, 3.63) is 66.2 Å². The zero-order chi connectivity index (χ0) is 22.2. The number of methoxy groups -OCH3 is 1. The first-order valence-corrected chi connectivity index (χ1v) is 9.63. The average Bonchev–Trinajstić information content (AvgIpc) is 2.77. The monoisotopic (exact) mass is 420 g/mol. The molecule has 3 aromatic rings. The second kappa shape index (κ2) is 10.1. The largest absolute Gasteiger partial charge is 0.493 e. The standard InChI is InChI=1S/C23H24N4O4/c1-15(26-19-9-8-17-5-3-4-6-18(17)12-19)23(29)27-25-13-16-7-10-20(30-2)21(11-16)31-14-22(24)28/h3-13,15,26H,14H2,1-2H3,(H2,24,28)(H,27,29). The van der Waals surface area contributed by atoms with Crippen molar-refractivity contribution in [1.82, 2.24) is 5.43 Å². The Morgan fingerprint density at radius 2 is 1.84 bits per heavy atom. The highest BCUT2D eigenvalue weighted by Gasteiger charge is 2.12. The molecule has 0 aliphatic carbocycles. The van der Waals surface area contributed by atoms with Crippen molar-refractivity contribution >= 4 is 34.5 Å². The summed E-state index contributed by atoms with van der Waals surface area (Å²) >= 11 is 0. The number of fused-ring (bicyclic) bond motifs is 1. The Labute approximate surface area is 180 Å². The minimum Gasteiger partial charge on any atom is -0.493 e. The number of nitrogens with two attached hydrogens (primary N) is 1. The molecule has 0 bridgehead atoms. The number of carbonyl (C=O) groups is 2. The molecule has 1 unspecified atom stereocenters. The Hall–Kier alpha value is -4.07. The summed E-state index contributed by atoms with van der Waals surface area (Å²) in [7, 11) is 1.49. The van der Waals surface area contributed by atoms with Gasteiger partial charge in [0.2, 0.25) is 0 Å². The van der Waals surface area contributed by atoms with Gasteiger partial charge in [0, 0.05) is 5.69 Å². The van der Waals surface area contributed by atoms with Crippen LogP contribution in [0.25, 0.3) is 10.8 Å². The Kier molecular flexibility index (Phi) is 7.05. The highest BCUT2D eigenvalue weighted by Crippen LogP contribution is 2.27. The third-order valence-electron chi connectivity index (χ3n) is 4.47. The van der Waals surface area contributed by atoms with Crippen LogP contribution in [0.4, 0.5) is 5.69 Å². The maximum absolute atomic E-state index is 12.4. The molecular formula is C23H24N4O4. The van der Waals surface area contributed by atoms with E-state index in [1.807, 2.05) is 42.5 Å². The highest BCUT2D eigenvalue weighted by atomic mass is 16.5. The number of ether oxygens (including phenoxy) is 2. The predicted molar refractivity (Wildman–Crippen MR) is 120 cm³/mol. The Bertz CT molecular complexity index is 1110. The second-order valence-corrected chi connectivity index (χ2v) is 6.83. The highest BCUT2D eigenvalue weighted by molar-refractivity contribution is 5.89. The number of nitrogens with zero attached hydrogens (tertiary/aromatic N) is 1. The van der Waals surface area contributed by atoms with Crippen molar-refractivity contribution < 1.29 is 19.1 Å². The first-order chi connectivity index (χ1) is 15.0. The topological polar surface area (TPSA) is 115 Å². The molecule has 0 saturated heterocycles. The molecule has 8 nitrogen and oxygen atoms in total. The van der Waals surface area contributed by atoms with Gasteiger partial charge in [0.15, 0.2) is 18.1 Å². The van der Waals surface area contributed by atoms with E-state index in [1.54, 1.807) is 25.1 Å². The van der Waals surface area contributed by atoms with Crippen LogP contribution in [-0.4, -0.2) is 37.8 Å². The van der Waals surface area contributed by atoms with Crippen LogP contribution in [0, 0.1) is 0 Å². The molecule has 4 N–H and O–H groups in total. The maximum atomic E-state index is 12.4. The lowest BCUT2D eigenvalue weighted by Crippen LogP contribution is -2.34. The average molecular weight is 420 g/mol. The first kappa shape index (κ1) is 21.6. The summed E-state index contributed by atoms with van der Waals surface area (Å²) in [6.07, 6.45) is 1.47. The zero-order valence-corrected chi connectivity index (χ0v) is 17.3. The fraction of sp³-hybridized carbons (Fsp3) is 0.174. The molecule has 31 heavy (non-hydrogen) atoms. The molecule has 0 aliphatic heterocycles. The van der Waals surface area contributed by atoms with Crippen molar-refractivity contribution in [2.24, 2.45) is 10.8 Å². The number of amides is 2. The van der Waals surface area contributed by atoms with E-state index in [4.69, 9.17) is 15.2 Å². The molecule has 8 heteroatoms. The summed E-state index contributed by atoms with van der Waals surface area (Å²) in [5, 5.41) is 9.38. The zero-order valence-electron chi connectivity index (χ0n) is 17.3. The number of primary amides is 1. The van der Waals surface area contributed by atoms with Crippen LogP contribution >= 0.6 is 0 Å². The van der Waals surface area contributed by atoms with Crippen molar-refractivity contribution in [1.29, 1.82) is 0 Å². The lowest BCUT2D eigenvalue weighted by Gasteiger charge is -2.14. The lowest BCUT2D eigenvalue weighted by atomic mass is 10.1. The summed E-state index contributed by atoms with van der Waals surface area (Å²) in [5.41, 5.74) is 9.11. The quantitative estimate of drug-likeness (QED) is 0.364. The molecule has 0 saturated carbocycles. The fourth-order valence-corrected chi connectivity index (χ4v) is 2.90. The van der Waals surface area contributed by atoms with Crippen LogP contribution in [0.2, 0.25) is 0 Å². The van der Waals surface area contributed by atoms with Gasteiger partial charge in [0.25, 0.3) is 11.8 Å². The lowest BCUT2D eigenvalue weighted by molar-refractivity contribution is -0.121. The number of anilines is 1. The Morgan fingerprint density at radius 3 is 2.58 bits per heavy atom. The van der Waals surface area contributed by atoms with Gasteiger partial charge in [-0.05, 0) is 53.6 Å². The van der Waals surface area contributed by atoms with Crippen LogP contribution in [0.1, 0.15) is 12.5 Å². The number of rotatable bonds is 9. The minimum absolute atomic E-state index is 0.272. The second-order valence-electron chi connectivity index (χ2n) is 6.83. The molecule has 0 aromatic heterocycles. The minimum atomic E-state index is -0.596. The normalized spacial score (nSPS) is 11.8.